The van der Waals surface area contributed by atoms with Crippen molar-refractivity contribution in [1.82, 2.24) is 14.8 Å². The molecule has 7 rings (SSSR count). The lowest BCUT2D eigenvalue weighted by Crippen LogP contribution is -2.50. The first-order valence-corrected chi connectivity index (χ1v) is 13.5. The Morgan fingerprint density at radius 3 is 2.26 bits per heavy atom. The second-order valence-electron chi connectivity index (χ2n) is 10.6. The van der Waals surface area contributed by atoms with Crippen molar-refractivity contribution in [2.45, 2.75) is 56.6 Å². The fraction of sp³-hybridized carbons (Fsp3) is 0.464. The molecule has 3 aromatic rings. The summed E-state index contributed by atoms with van der Waals surface area (Å²) in [6, 6.07) is 16.9. The van der Waals surface area contributed by atoms with E-state index >= 15 is 0 Å². The van der Waals surface area contributed by atoms with Crippen molar-refractivity contribution in [3.05, 3.63) is 66.0 Å². The highest BCUT2D eigenvalue weighted by Crippen LogP contribution is 2.60. The number of carbonyl (C=O) groups is 1. The van der Waals surface area contributed by atoms with Gasteiger partial charge in [-0.25, -0.2) is 4.39 Å². The van der Waals surface area contributed by atoms with Gasteiger partial charge in [-0.1, -0.05) is 54.2 Å². The molecule has 4 saturated carbocycles. The molecule has 1 aromatic heterocycles. The zero-order chi connectivity index (χ0) is 23.1. The Balaban J connectivity index is 1.23. The number of carbonyl (C=O) groups excluding carboxylic acids is 1. The summed E-state index contributed by atoms with van der Waals surface area (Å²) in [6.45, 7) is 0.634. The van der Waals surface area contributed by atoms with Gasteiger partial charge in [0.25, 0.3) is 0 Å². The Bertz CT molecular complexity index is 1160. The molecule has 0 aliphatic heterocycles. The molecule has 4 aliphatic carbocycles. The molecule has 34 heavy (non-hydrogen) atoms. The highest BCUT2D eigenvalue weighted by molar-refractivity contribution is 7.99. The van der Waals surface area contributed by atoms with Crippen LogP contribution in [0.2, 0.25) is 0 Å². The summed E-state index contributed by atoms with van der Waals surface area (Å²) < 4.78 is 16.6. The highest BCUT2D eigenvalue weighted by atomic mass is 32.2. The van der Waals surface area contributed by atoms with Crippen molar-refractivity contribution in [3.63, 3.8) is 0 Å². The number of hydrogen-bond donors (Lipinski definition) is 0. The van der Waals surface area contributed by atoms with Gasteiger partial charge in [0.2, 0.25) is 0 Å². The van der Waals surface area contributed by atoms with Gasteiger partial charge in [-0.3, -0.25) is 4.79 Å². The SMILES string of the molecule is O=C(CSc1nnc(-c2ccccc2F)n1CCc1ccccc1)C12CC3CC(CC(C3)C1)C2. The van der Waals surface area contributed by atoms with Crippen molar-refractivity contribution < 1.29 is 9.18 Å². The molecule has 0 unspecified atom stereocenters. The van der Waals surface area contributed by atoms with Crippen LogP contribution in [0.5, 0.6) is 0 Å². The number of halogens is 1. The number of thioether (sulfide) groups is 1. The Hall–Kier alpha value is -2.47. The van der Waals surface area contributed by atoms with E-state index in [1.807, 2.05) is 28.8 Å². The normalized spacial score (nSPS) is 27.3. The molecule has 4 bridgehead atoms. The van der Waals surface area contributed by atoms with Crippen LogP contribution in [0.15, 0.2) is 59.8 Å². The summed E-state index contributed by atoms with van der Waals surface area (Å²) in [7, 11) is 0. The van der Waals surface area contributed by atoms with E-state index in [0.29, 0.717) is 34.6 Å². The van der Waals surface area contributed by atoms with E-state index in [1.54, 1.807) is 12.1 Å². The van der Waals surface area contributed by atoms with Crippen LogP contribution in [0, 0.1) is 29.0 Å². The van der Waals surface area contributed by atoms with Gasteiger partial charge in [0, 0.05) is 12.0 Å². The van der Waals surface area contributed by atoms with Crippen molar-refractivity contribution in [2.24, 2.45) is 23.2 Å². The van der Waals surface area contributed by atoms with Gasteiger partial charge < -0.3 is 4.57 Å². The molecule has 4 fully saturated rings. The second kappa shape index (κ2) is 8.95. The van der Waals surface area contributed by atoms with Crippen LogP contribution in [0.1, 0.15) is 44.1 Å². The van der Waals surface area contributed by atoms with Crippen molar-refractivity contribution in [2.75, 3.05) is 5.75 Å². The fourth-order valence-corrected chi connectivity index (χ4v) is 8.06. The molecular weight excluding hydrogens is 445 g/mol. The molecule has 4 aliphatic rings. The highest BCUT2D eigenvalue weighted by Gasteiger charge is 2.54. The maximum atomic E-state index is 14.6. The zero-order valence-corrected chi connectivity index (χ0v) is 20.1. The van der Waals surface area contributed by atoms with Gasteiger partial charge in [-0.15, -0.1) is 10.2 Å². The molecule has 2 aromatic carbocycles. The average Bonchev–Trinajstić information content (AvgIpc) is 3.23. The lowest BCUT2D eigenvalue weighted by molar-refractivity contribution is -0.141. The number of aryl methyl sites for hydroxylation is 1. The molecule has 0 N–H and O–H groups in total. The predicted molar refractivity (Wildman–Crippen MR) is 132 cm³/mol. The van der Waals surface area contributed by atoms with Crippen LogP contribution in [0.4, 0.5) is 4.39 Å². The minimum absolute atomic E-state index is 0.106. The average molecular weight is 476 g/mol. The fourth-order valence-electron chi connectivity index (χ4n) is 7.06. The molecular formula is C28H30FN3OS. The number of aromatic nitrogens is 3. The zero-order valence-electron chi connectivity index (χ0n) is 19.3. The number of nitrogens with zero attached hydrogens (tertiary/aromatic N) is 3. The Morgan fingerprint density at radius 1 is 0.941 bits per heavy atom. The van der Waals surface area contributed by atoms with E-state index in [9.17, 15) is 9.18 Å². The molecule has 0 amide bonds. The lowest BCUT2D eigenvalue weighted by atomic mass is 9.48. The summed E-state index contributed by atoms with van der Waals surface area (Å²) in [5.41, 5.74) is 1.55. The van der Waals surface area contributed by atoms with E-state index in [2.05, 4.69) is 22.3 Å². The first-order valence-electron chi connectivity index (χ1n) is 12.5. The van der Waals surface area contributed by atoms with Gasteiger partial charge in [0.05, 0.1) is 11.3 Å². The van der Waals surface area contributed by atoms with Crippen LogP contribution in [0.3, 0.4) is 0 Å². The van der Waals surface area contributed by atoms with Crippen molar-refractivity contribution in [1.29, 1.82) is 0 Å². The quantitative estimate of drug-likeness (QED) is 0.364. The molecule has 0 spiro atoms. The number of benzene rings is 2. The van der Waals surface area contributed by atoms with E-state index < -0.39 is 0 Å². The third kappa shape index (κ3) is 4.10. The standard InChI is InChI=1S/C28H30FN3OS/c29-24-9-5-4-8-23(24)26-30-31-27(32(26)11-10-19-6-2-1-3-7-19)34-18-25(33)28-15-20-12-21(16-28)14-22(13-20)17-28/h1-9,20-22H,10-18H2. The Labute approximate surface area is 204 Å². The monoisotopic (exact) mass is 475 g/mol. The van der Waals surface area contributed by atoms with Crippen LogP contribution >= 0.6 is 11.8 Å². The minimum atomic E-state index is -0.308. The van der Waals surface area contributed by atoms with E-state index in [0.717, 1.165) is 43.4 Å². The Kier molecular flexibility index (Phi) is 5.80. The topological polar surface area (TPSA) is 47.8 Å². The third-order valence-electron chi connectivity index (χ3n) is 8.26. The summed E-state index contributed by atoms with van der Waals surface area (Å²) in [5.74, 6) is 3.29. The second-order valence-corrected chi connectivity index (χ2v) is 11.5. The number of ketones is 1. The Morgan fingerprint density at radius 2 is 1.59 bits per heavy atom. The predicted octanol–water partition coefficient (Wildman–Crippen LogP) is 6.20. The first-order chi connectivity index (χ1) is 16.6. The maximum Gasteiger partial charge on any atom is 0.191 e. The largest absolute Gasteiger partial charge is 0.302 e. The number of hydrogen-bond acceptors (Lipinski definition) is 4. The molecule has 0 radical (unpaired) electrons. The van der Waals surface area contributed by atoms with Crippen molar-refractivity contribution in [3.8, 4) is 11.4 Å². The summed E-state index contributed by atoms with van der Waals surface area (Å²) in [5, 5.41) is 9.49. The molecule has 0 atom stereocenters. The molecule has 4 nitrogen and oxygen atoms in total. The maximum absolute atomic E-state index is 14.6. The molecule has 176 valence electrons. The van der Waals surface area contributed by atoms with Crippen molar-refractivity contribution >= 4 is 17.5 Å². The van der Waals surface area contributed by atoms with Crippen LogP contribution in [0.25, 0.3) is 11.4 Å². The van der Waals surface area contributed by atoms with Gasteiger partial charge in [-0.05, 0) is 80.4 Å². The number of Topliss-reactive ketones (excluding diaryl/α,β-unsaturated/α-hetero) is 1. The summed E-state index contributed by atoms with van der Waals surface area (Å²) in [4.78, 5) is 13.6. The minimum Gasteiger partial charge on any atom is -0.302 e. The van der Waals surface area contributed by atoms with Crippen LogP contribution in [-0.2, 0) is 17.8 Å². The van der Waals surface area contributed by atoms with Gasteiger partial charge in [0.1, 0.15) is 11.6 Å². The van der Waals surface area contributed by atoms with Gasteiger partial charge >= 0.3 is 0 Å². The van der Waals surface area contributed by atoms with Gasteiger partial charge in [0.15, 0.2) is 11.0 Å². The van der Waals surface area contributed by atoms with E-state index in [-0.39, 0.29) is 11.2 Å². The van der Waals surface area contributed by atoms with E-state index in [4.69, 9.17) is 0 Å². The molecule has 1 heterocycles. The third-order valence-corrected chi connectivity index (χ3v) is 9.23. The number of rotatable bonds is 8. The smallest absolute Gasteiger partial charge is 0.191 e. The first kappa shape index (κ1) is 22.0. The van der Waals surface area contributed by atoms with E-state index in [1.165, 1.54) is 42.7 Å². The summed E-state index contributed by atoms with van der Waals surface area (Å²) >= 11 is 1.48. The van der Waals surface area contributed by atoms with Crippen LogP contribution < -0.4 is 0 Å². The van der Waals surface area contributed by atoms with Crippen LogP contribution in [-0.4, -0.2) is 26.3 Å². The van der Waals surface area contributed by atoms with Gasteiger partial charge in [-0.2, -0.15) is 0 Å². The molecule has 6 heteroatoms. The lowest BCUT2D eigenvalue weighted by Gasteiger charge is -2.56. The molecule has 0 saturated heterocycles. The summed E-state index contributed by atoms with van der Waals surface area (Å²) in [6.07, 6.45) is 8.04.